The van der Waals surface area contributed by atoms with Crippen LogP contribution in [0.3, 0.4) is 0 Å². The molecule has 1 rings (SSSR count). The second-order valence-corrected chi connectivity index (χ2v) is 6.05. The summed E-state index contributed by atoms with van der Waals surface area (Å²) >= 11 is 0. The van der Waals surface area contributed by atoms with Crippen LogP contribution in [0, 0.1) is 0 Å². The Morgan fingerprint density at radius 2 is 2.14 bits per heavy atom. The highest BCUT2D eigenvalue weighted by Crippen LogP contribution is 2.35. The number of nitrogens with one attached hydrogen (secondary N) is 1. The first kappa shape index (κ1) is 18.4. The van der Waals surface area contributed by atoms with Crippen molar-refractivity contribution < 1.29 is 14.3 Å². The second kappa shape index (κ2) is 8.71. The van der Waals surface area contributed by atoms with E-state index in [1.807, 2.05) is 13.8 Å². The lowest BCUT2D eigenvalue weighted by Crippen LogP contribution is -2.52. The van der Waals surface area contributed by atoms with Crippen LogP contribution in [-0.2, 0) is 14.3 Å². The molecule has 0 amide bonds. The number of carbonyl (C=O) groups excluding carboxylic acids is 1. The summed E-state index contributed by atoms with van der Waals surface area (Å²) in [5.74, 6) is -0.0928. The number of hydrogen-bond donors (Lipinski definition) is 1. The summed E-state index contributed by atoms with van der Waals surface area (Å²) in [5, 5.41) is 3.39. The molecule has 1 N–H and O–H groups in total. The number of hydrogen-bond acceptors (Lipinski definition) is 5. The first-order valence-electron chi connectivity index (χ1n) is 8.17. The molecule has 1 aliphatic rings. The van der Waals surface area contributed by atoms with Gasteiger partial charge in [0.2, 0.25) is 0 Å². The van der Waals surface area contributed by atoms with Gasteiger partial charge in [-0.1, -0.05) is 6.92 Å². The quantitative estimate of drug-likeness (QED) is 0.658. The molecule has 0 aromatic carbocycles. The summed E-state index contributed by atoms with van der Waals surface area (Å²) in [5.41, 5.74) is -0.504. The van der Waals surface area contributed by atoms with Crippen LogP contribution in [0.15, 0.2) is 0 Å². The Labute approximate surface area is 129 Å². The highest BCUT2D eigenvalue weighted by molar-refractivity contribution is 5.81. The van der Waals surface area contributed by atoms with E-state index in [-0.39, 0.29) is 5.97 Å². The van der Waals surface area contributed by atoms with Crippen molar-refractivity contribution in [2.24, 2.45) is 0 Å². The summed E-state index contributed by atoms with van der Waals surface area (Å²) < 4.78 is 10.5. The number of methoxy groups -OCH3 is 1. The predicted octanol–water partition coefficient (Wildman–Crippen LogP) is 1.81. The molecular weight excluding hydrogens is 268 g/mol. The van der Waals surface area contributed by atoms with Crippen LogP contribution >= 0.6 is 0 Å². The lowest BCUT2D eigenvalue weighted by Gasteiger charge is -2.34. The zero-order valence-electron chi connectivity index (χ0n) is 14.3. The van der Waals surface area contributed by atoms with Crippen LogP contribution < -0.4 is 5.32 Å². The molecule has 1 fully saturated rings. The molecule has 5 heteroatoms. The van der Waals surface area contributed by atoms with Gasteiger partial charge in [-0.15, -0.1) is 0 Å². The summed E-state index contributed by atoms with van der Waals surface area (Å²) in [7, 11) is 1.73. The minimum Gasteiger partial charge on any atom is -0.465 e. The van der Waals surface area contributed by atoms with Crippen molar-refractivity contribution in [3.63, 3.8) is 0 Å². The first-order chi connectivity index (χ1) is 10.0. The fourth-order valence-corrected chi connectivity index (χ4v) is 3.39. The van der Waals surface area contributed by atoms with Gasteiger partial charge in [-0.3, -0.25) is 9.69 Å². The Morgan fingerprint density at radius 3 is 2.67 bits per heavy atom. The fourth-order valence-electron chi connectivity index (χ4n) is 3.39. The summed E-state index contributed by atoms with van der Waals surface area (Å²) in [6.07, 6.45) is 2.69. The molecule has 5 nitrogen and oxygen atoms in total. The second-order valence-electron chi connectivity index (χ2n) is 6.05. The third kappa shape index (κ3) is 4.66. The van der Waals surface area contributed by atoms with Gasteiger partial charge in [-0.05, 0) is 46.6 Å². The Morgan fingerprint density at radius 1 is 1.43 bits per heavy atom. The van der Waals surface area contributed by atoms with Gasteiger partial charge < -0.3 is 14.8 Å². The van der Waals surface area contributed by atoms with Crippen LogP contribution in [0.2, 0.25) is 0 Å². The average Bonchev–Trinajstić information content (AvgIpc) is 2.85. The zero-order valence-corrected chi connectivity index (χ0v) is 14.3. The molecule has 2 unspecified atom stereocenters. The Hall–Kier alpha value is -0.650. The van der Waals surface area contributed by atoms with Crippen molar-refractivity contribution in [3.8, 4) is 0 Å². The fraction of sp³-hybridized carbons (Fsp3) is 0.938. The van der Waals surface area contributed by atoms with Gasteiger partial charge >= 0.3 is 5.97 Å². The van der Waals surface area contributed by atoms with E-state index in [9.17, 15) is 4.79 Å². The number of ether oxygens (including phenoxy) is 2. The molecular formula is C16H32N2O3. The van der Waals surface area contributed by atoms with Crippen molar-refractivity contribution in [2.75, 3.05) is 33.4 Å². The first-order valence-corrected chi connectivity index (χ1v) is 8.17. The lowest BCUT2D eigenvalue weighted by molar-refractivity contribution is -0.151. The van der Waals surface area contributed by atoms with E-state index in [1.54, 1.807) is 7.11 Å². The molecule has 21 heavy (non-hydrogen) atoms. The van der Waals surface area contributed by atoms with Gasteiger partial charge in [-0.2, -0.15) is 0 Å². The van der Waals surface area contributed by atoms with Crippen LogP contribution in [0.25, 0.3) is 0 Å². The third-order valence-corrected chi connectivity index (χ3v) is 4.36. The van der Waals surface area contributed by atoms with E-state index in [0.717, 1.165) is 39.0 Å². The molecule has 0 aromatic heterocycles. The Balaban J connectivity index is 2.78. The van der Waals surface area contributed by atoms with Crippen LogP contribution in [0.5, 0.6) is 0 Å². The normalized spacial score (nSPS) is 25.8. The van der Waals surface area contributed by atoms with E-state index in [2.05, 4.69) is 24.1 Å². The van der Waals surface area contributed by atoms with Crippen LogP contribution in [0.4, 0.5) is 0 Å². The van der Waals surface area contributed by atoms with Gasteiger partial charge in [0.25, 0.3) is 0 Å². The van der Waals surface area contributed by atoms with E-state index >= 15 is 0 Å². The molecule has 0 heterocycles. The smallest absolute Gasteiger partial charge is 0.326 e. The minimum absolute atomic E-state index is 0.0928. The molecule has 1 aliphatic carbocycles. The lowest BCUT2D eigenvalue weighted by atomic mass is 9.97. The average molecular weight is 300 g/mol. The highest BCUT2D eigenvalue weighted by Gasteiger charge is 2.47. The predicted molar refractivity (Wildman–Crippen MR) is 84.4 cm³/mol. The van der Waals surface area contributed by atoms with Crippen LogP contribution in [0.1, 0.15) is 47.0 Å². The third-order valence-electron chi connectivity index (χ3n) is 4.36. The molecule has 0 radical (unpaired) electrons. The summed E-state index contributed by atoms with van der Waals surface area (Å²) in [4.78, 5) is 14.8. The van der Waals surface area contributed by atoms with E-state index in [0.29, 0.717) is 18.7 Å². The minimum atomic E-state index is -0.504. The van der Waals surface area contributed by atoms with Crippen molar-refractivity contribution >= 4 is 5.97 Å². The molecule has 1 saturated carbocycles. The number of nitrogens with zero attached hydrogens (tertiary/aromatic N) is 1. The molecule has 0 aliphatic heterocycles. The standard InChI is InChI=1S/C16H32N2O3/c1-6-17-16(15(19)21-7-2)9-8-14(12-16)18(13(3)4)10-11-20-5/h13-14,17H,6-12H2,1-5H3. The van der Waals surface area contributed by atoms with E-state index in [4.69, 9.17) is 9.47 Å². The monoisotopic (exact) mass is 300 g/mol. The van der Waals surface area contributed by atoms with E-state index < -0.39 is 5.54 Å². The van der Waals surface area contributed by atoms with E-state index in [1.165, 1.54) is 0 Å². The number of esters is 1. The maximum Gasteiger partial charge on any atom is 0.326 e. The molecule has 0 aromatic rings. The summed E-state index contributed by atoms with van der Waals surface area (Å²) in [6, 6.07) is 0.855. The van der Waals surface area contributed by atoms with Crippen molar-refractivity contribution in [1.29, 1.82) is 0 Å². The Kier molecular flexibility index (Phi) is 7.63. The van der Waals surface area contributed by atoms with Gasteiger partial charge in [-0.25, -0.2) is 0 Å². The van der Waals surface area contributed by atoms with Crippen LogP contribution in [-0.4, -0.2) is 61.9 Å². The molecule has 2 atom stereocenters. The number of rotatable bonds is 9. The van der Waals surface area contributed by atoms with Crippen molar-refractivity contribution in [2.45, 2.75) is 64.6 Å². The molecule has 124 valence electrons. The zero-order chi connectivity index (χ0) is 15.9. The van der Waals surface area contributed by atoms with Gasteiger partial charge in [0.05, 0.1) is 13.2 Å². The molecule has 0 bridgehead atoms. The Bertz CT molecular complexity index is 323. The van der Waals surface area contributed by atoms with Crippen molar-refractivity contribution in [1.82, 2.24) is 10.2 Å². The molecule has 0 saturated heterocycles. The SMILES string of the molecule is CCNC1(C(=O)OCC)CCC(N(CCOC)C(C)C)C1. The van der Waals surface area contributed by atoms with Crippen molar-refractivity contribution in [3.05, 3.63) is 0 Å². The number of carbonyl (C=O) groups is 1. The maximum absolute atomic E-state index is 12.4. The van der Waals surface area contributed by atoms with Gasteiger partial charge in [0, 0.05) is 25.7 Å². The maximum atomic E-state index is 12.4. The topological polar surface area (TPSA) is 50.8 Å². The largest absolute Gasteiger partial charge is 0.465 e. The van der Waals surface area contributed by atoms with Gasteiger partial charge in [0.1, 0.15) is 5.54 Å². The highest BCUT2D eigenvalue weighted by atomic mass is 16.5. The number of likely N-dealkylation sites (N-methyl/N-ethyl adjacent to an activating group) is 1. The summed E-state index contributed by atoms with van der Waals surface area (Å²) in [6.45, 7) is 11.2. The molecule has 0 spiro atoms. The van der Waals surface area contributed by atoms with Gasteiger partial charge in [0.15, 0.2) is 0 Å².